The molecule has 0 aliphatic carbocycles. The normalized spacial score (nSPS) is 10.3. The number of aromatic carboxylic acids is 1. The second-order valence-corrected chi connectivity index (χ2v) is 3.62. The Kier molecular flexibility index (Phi) is 2.94. The van der Waals surface area contributed by atoms with E-state index in [0.717, 1.165) is 11.0 Å². The first-order chi connectivity index (χ1) is 8.49. The molecular formula is C9H5ClN4O4. The molecule has 18 heavy (non-hydrogen) atoms. The number of carboxylic acid groups (broad SMARTS) is 1. The van der Waals surface area contributed by atoms with E-state index in [1.807, 2.05) is 0 Å². The molecule has 0 unspecified atom stereocenters. The summed E-state index contributed by atoms with van der Waals surface area (Å²) in [4.78, 5) is 23.9. The van der Waals surface area contributed by atoms with Crippen LogP contribution in [0.3, 0.4) is 0 Å². The molecule has 0 bridgehead atoms. The molecular weight excluding hydrogens is 264 g/mol. The van der Waals surface area contributed by atoms with Gasteiger partial charge in [0.2, 0.25) is 6.33 Å². The average Bonchev–Trinajstić information content (AvgIpc) is 2.77. The lowest BCUT2D eigenvalue weighted by Gasteiger charge is -2.00. The third kappa shape index (κ3) is 2.13. The molecule has 2 aromatic rings. The van der Waals surface area contributed by atoms with Crippen molar-refractivity contribution in [2.75, 3.05) is 0 Å². The Balaban J connectivity index is 2.42. The molecule has 0 atom stereocenters. The number of aromatic nitrogens is 3. The first-order valence-corrected chi connectivity index (χ1v) is 4.96. The van der Waals surface area contributed by atoms with Crippen LogP contribution in [-0.4, -0.2) is 30.8 Å². The van der Waals surface area contributed by atoms with Crippen LogP contribution in [0.15, 0.2) is 24.5 Å². The van der Waals surface area contributed by atoms with Gasteiger partial charge in [-0.1, -0.05) is 16.6 Å². The Labute approximate surface area is 105 Å². The predicted octanol–water partition coefficient (Wildman–Crippen LogP) is 1.53. The maximum atomic E-state index is 10.8. The van der Waals surface area contributed by atoms with Gasteiger partial charge in [0, 0.05) is 5.10 Å². The molecule has 0 spiro atoms. The van der Waals surface area contributed by atoms with Crippen molar-refractivity contribution in [2.45, 2.75) is 0 Å². The van der Waals surface area contributed by atoms with Crippen molar-refractivity contribution in [3.05, 3.63) is 45.2 Å². The summed E-state index contributed by atoms with van der Waals surface area (Å²) >= 11 is 5.77. The highest BCUT2D eigenvalue weighted by Crippen LogP contribution is 2.20. The smallest absolute Gasteiger partial charge is 0.478 e. The van der Waals surface area contributed by atoms with E-state index in [4.69, 9.17) is 16.7 Å². The van der Waals surface area contributed by atoms with Gasteiger partial charge < -0.3 is 15.2 Å². The van der Waals surface area contributed by atoms with Gasteiger partial charge in [-0.05, 0) is 23.1 Å². The molecule has 0 saturated carbocycles. The minimum atomic E-state index is -1.16. The molecule has 0 aliphatic rings. The van der Waals surface area contributed by atoms with Gasteiger partial charge in [0.1, 0.15) is 0 Å². The maximum absolute atomic E-state index is 10.8. The second-order valence-electron chi connectivity index (χ2n) is 3.22. The summed E-state index contributed by atoms with van der Waals surface area (Å²) in [6.45, 7) is 0. The second kappa shape index (κ2) is 4.41. The molecule has 0 aliphatic heterocycles. The van der Waals surface area contributed by atoms with Crippen LogP contribution in [0.25, 0.3) is 5.69 Å². The summed E-state index contributed by atoms with van der Waals surface area (Å²) in [7, 11) is 0. The number of nitrogens with zero attached hydrogens (tertiary/aromatic N) is 4. The minimum absolute atomic E-state index is 0.0122. The van der Waals surface area contributed by atoms with Crippen LogP contribution in [0.1, 0.15) is 10.4 Å². The molecule has 1 heterocycles. The van der Waals surface area contributed by atoms with Crippen molar-refractivity contribution in [2.24, 2.45) is 0 Å². The van der Waals surface area contributed by atoms with E-state index < -0.39 is 16.8 Å². The van der Waals surface area contributed by atoms with Gasteiger partial charge in [0.25, 0.3) is 0 Å². The molecule has 0 fully saturated rings. The average molecular weight is 269 g/mol. The number of benzene rings is 1. The Hall–Kier alpha value is -2.48. The highest BCUT2D eigenvalue weighted by molar-refractivity contribution is 6.33. The number of halogens is 1. The number of hydrogen-bond acceptors (Lipinski definition) is 5. The topological polar surface area (TPSA) is 111 Å². The fourth-order valence-electron chi connectivity index (χ4n) is 1.28. The Morgan fingerprint density at radius 1 is 1.50 bits per heavy atom. The molecule has 92 valence electrons. The van der Waals surface area contributed by atoms with Gasteiger partial charge in [-0.2, -0.15) is 0 Å². The standard InChI is InChI=1S/C9H5ClN4O4/c10-7-3-5(1-2-6(7)8(15)16)13-4-11-9(12-13)14(17)18/h1-4H,(H,15,16). The highest BCUT2D eigenvalue weighted by atomic mass is 35.5. The number of carboxylic acids is 1. The lowest BCUT2D eigenvalue weighted by Crippen LogP contribution is -2.01. The molecule has 0 radical (unpaired) electrons. The predicted molar refractivity (Wildman–Crippen MR) is 60.0 cm³/mol. The van der Waals surface area contributed by atoms with Gasteiger partial charge in [0.05, 0.1) is 16.3 Å². The third-order valence-corrected chi connectivity index (χ3v) is 2.40. The van der Waals surface area contributed by atoms with E-state index in [1.165, 1.54) is 18.2 Å². The number of rotatable bonds is 3. The molecule has 9 heteroatoms. The van der Waals surface area contributed by atoms with Crippen LogP contribution in [0, 0.1) is 10.1 Å². The van der Waals surface area contributed by atoms with Crippen LogP contribution in [0.2, 0.25) is 5.02 Å². The zero-order valence-corrected chi connectivity index (χ0v) is 9.40. The van der Waals surface area contributed by atoms with Crippen molar-refractivity contribution in [3.63, 3.8) is 0 Å². The molecule has 1 N–H and O–H groups in total. The Morgan fingerprint density at radius 2 is 2.22 bits per heavy atom. The third-order valence-electron chi connectivity index (χ3n) is 2.09. The van der Waals surface area contributed by atoms with Crippen molar-refractivity contribution in [1.29, 1.82) is 0 Å². The zero-order valence-electron chi connectivity index (χ0n) is 8.65. The largest absolute Gasteiger partial charge is 0.491 e. The summed E-state index contributed by atoms with van der Waals surface area (Å²) in [5, 5.41) is 22.8. The molecule has 2 rings (SSSR count). The summed E-state index contributed by atoms with van der Waals surface area (Å²) < 4.78 is 1.13. The summed E-state index contributed by atoms with van der Waals surface area (Å²) in [5.41, 5.74) is 0.320. The summed E-state index contributed by atoms with van der Waals surface area (Å²) in [5.74, 6) is -1.70. The monoisotopic (exact) mass is 268 g/mol. The first-order valence-electron chi connectivity index (χ1n) is 4.58. The van der Waals surface area contributed by atoms with Crippen molar-refractivity contribution >= 4 is 23.5 Å². The van der Waals surface area contributed by atoms with E-state index in [9.17, 15) is 14.9 Å². The molecule has 1 aromatic heterocycles. The quantitative estimate of drug-likeness (QED) is 0.667. The van der Waals surface area contributed by atoms with Gasteiger partial charge in [-0.25, -0.2) is 4.79 Å². The molecule has 0 amide bonds. The molecule has 0 saturated heterocycles. The van der Waals surface area contributed by atoms with E-state index >= 15 is 0 Å². The first kappa shape index (κ1) is 12.0. The van der Waals surface area contributed by atoms with E-state index in [1.54, 1.807) is 0 Å². The summed E-state index contributed by atoms with van der Waals surface area (Å²) in [6.07, 6.45) is 1.14. The van der Waals surface area contributed by atoms with Crippen LogP contribution in [0.4, 0.5) is 5.95 Å². The van der Waals surface area contributed by atoms with Crippen LogP contribution >= 0.6 is 11.6 Å². The van der Waals surface area contributed by atoms with E-state index in [-0.39, 0.29) is 10.6 Å². The number of nitro groups is 1. The van der Waals surface area contributed by atoms with Gasteiger partial charge >= 0.3 is 11.9 Å². The van der Waals surface area contributed by atoms with Crippen LogP contribution in [0.5, 0.6) is 0 Å². The minimum Gasteiger partial charge on any atom is -0.478 e. The Bertz CT molecular complexity index is 639. The van der Waals surface area contributed by atoms with E-state index in [0.29, 0.717) is 5.69 Å². The number of hydrogen-bond donors (Lipinski definition) is 1. The van der Waals surface area contributed by atoms with E-state index in [2.05, 4.69) is 10.1 Å². The molecule has 8 nitrogen and oxygen atoms in total. The van der Waals surface area contributed by atoms with Gasteiger partial charge in [-0.3, -0.25) is 0 Å². The van der Waals surface area contributed by atoms with Gasteiger partial charge in [0.15, 0.2) is 0 Å². The lowest BCUT2D eigenvalue weighted by molar-refractivity contribution is -0.394. The van der Waals surface area contributed by atoms with Crippen molar-refractivity contribution in [1.82, 2.24) is 14.8 Å². The number of carbonyl (C=O) groups is 1. The Morgan fingerprint density at radius 3 is 2.72 bits per heavy atom. The van der Waals surface area contributed by atoms with Crippen molar-refractivity contribution in [3.8, 4) is 5.69 Å². The fraction of sp³-hybridized carbons (Fsp3) is 0. The highest BCUT2D eigenvalue weighted by Gasteiger charge is 2.16. The van der Waals surface area contributed by atoms with Crippen LogP contribution < -0.4 is 0 Å². The summed E-state index contributed by atoms with van der Waals surface area (Å²) in [6, 6.07) is 4.05. The SMILES string of the molecule is O=C(O)c1ccc(-n2cnc([N+](=O)[O-])n2)cc1Cl. The maximum Gasteiger partial charge on any atom is 0.491 e. The van der Waals surface area contributed by atoms with Crippen LogP contribution in [-0.2, 0) is 0 Å². The lowest BCUT2D eigenvalue weighted by atomic mass is 10.2. The van der Waals surface area contributed by atoms with Crippen molar-refractivity contribution < 1.29 is 14.8 Å². The van der Waals surface area contributed by atoms with Gasteiger partial charge in [-0.15, -0.1) is 4.68 Å². The zero-order chi connectivity index (χ0) is 13.3. The fourth-order valence-corrected chi connectivity index (χ4v) is 1.54. The molecule has 1 aromatic carbocycles.